The van der Waals surface area contributed by atoms with Crippen molar-refractivity contribution in [3.05, 3.63) is 35.8 Å². The van der Waals surface area contributed by atoms with E-state index in [1.807, 2.05) is 13.1 Å². The minimum absolute atomic E-state index is 0.192. The molecule has 0 spiro atoms. The summed E-state index contributed by atoms with van der Waals surface area (Å²) in [6, 6.07) is 5.07. The summed E-state index contributed by atoms with van der Waals surface area (Å²) in [5.41, 5.74) is 1.32. The quantitative estimate of drug-likeness (QED) is 0.809. The van der Waals surface area contributed by atoms with Crippen molar-refractivity contribution in [1.82, 2.24) is 5.32 Å². The number of nitrogens with one attached hydrogen (secondary N) is 1. The van der Waals surface area contributed by atoms with Crippen molar-refractivity contribution in [3.63, 3.8) is 0 Å². The van der Waals surface area contributed by atoms with Crippen LogP contribution in [0, 0.1) is 5.82 Å². The molecule has 0 atom stereocenters. The lowest BCUT2D eigenvalue weighted by molar-refractivity contribution is 0.578. The molecular formula is C11H12FNO. The predicted molar refractivity (Wildman–Crippen MR) is 53.8 cm³/mol. The van der Waals surface area contributed by atoms with Crippen molar-refractivity contribution in [1.29, 1.82) is 0 Å². The van der Waals surface area contributed by atoms with E-state index in [-0.39, 0.29) is 5.82 Å². The Kier molecular flexibility index (Phi) is 2.50. The first-order valence-corrected chi connectivity index (χ1v) is 4.62. The molecule has 0 aliphatic carbocycles. The topological polar surface area (TPSA) is 25.2 Å². The second kappa shape index (κ2) is 3.80. The third-order valence-electron chi connectivity index (χ3n) is 2.29. The van der Waals surface area contributed by atoms with E-state index in [4.69, 9.17) is 4.42 Å². The molecule has 0 unspecified atom stereocenters. The molecule has 1 N–H and O–H groups in total. The van der Waals surface area contributed by atoms with Crippen molar-refractivity contribution >= 4 is 11.0 Å². The largest absolute Gasteiger partial charge is 0.464 e. The van der Waals surface area contributed by atoms with Crippen molar-refractivity contribution < 1.29 is 8.81 Å². The van der Waals surface area contributed by atoms with Gasteiger partial charge in [-0.05, 0) is 38.2 Å². The monoisotopic (exact) mass is 193 g/mol. The first kappa shape index (κ1) is 9.21. The Morgan fingerprint density at radius 1 is 1.36 bits per heavy atom. The first-order valence-electron chi connectivity index (χ1n) is 4.62. The second-order valence-electron chi connectivity index (χ2n) is 3.22. The van der Waals surface area contributed by atoms with Crippen LogP contribution in [0.25, 0.3) is 11.0 Å². The van der Waals surface area contributed by atoms with E-state index in [1.54, 1.807) is 12.3 Å². The Morgan fingerprint density at radius 2 is 2.21 bits per heavy atom. The molecule has 1 aromatic heterocycles. The molecule has 0 saturated heterocycles. The van der Waals surface area contributed by atoms with E-state index in [2.05, 4.69) is 5.32 Å². The van der Waals surface area contributed by atoms with Gasteiger partial charge in [-0.1, -0.05) is 0 Å². The minimum atomic E-state index is -0.192. The number of hydrogen-bond acceptors (Lipinski definition) is 2. The molecule has 2 aromatic rings. The van der Waals surface area contributed by atoms with Gasteiger partial charge in [-0.3, -0.25) is 0 Å². The molecule has 0 radical (unpaired) electrons. The Labute approximate surface area is 81.7 Å². The number of benzene rings is 1. The normalized spacial score (nSPS) is 11.0. The molecular weight excluding hydrogens is 181 g/mol. The van der Waals surface area contributed by atoms with E-state index in [1.165, 1.54) is 6.07 Å². The molecule has 14 heavy (non-hydrogen) atoms. The Morgan fingerprint density at radius 3 is 3.00 bits per heavy atom. The van der Waals surface area contributed by atoms with Crippen LogP contribution in [0.3, 0.4) is 0 Å². The molecule has 2 nitrogen and oxygen atoms in total. The first-order chi connectivity index (χ1) is 6.83. The zero-order valence-electron chi connectivity index (χ0n) is 8.01. The van der Waals surface area contributed by atoms with Crippen LogP contribution in [0.4, 0.5) is 4.39 Å². The summed E-state index contributed by atoms with van der Waals surface area (Å²) in [6.07, 6.45) is 2.24. The van der Waals surface area contributed by atoms with Gasteiger partial charge in [-0.25, -0.2) is 4.39 Å². The van der Waals surface area contributed by atoms with Crippen LogP contribution in [0.15, 0.2) is 28.9 Å². The highest BCUT2D eigenvalue weighted by atomic mass is 19.1. The molecule has 1 aromatic carbocycles. The number of furan rings is 1. The van der Waals surface area contributed by atoms with Crippen molar-refractivity contribution in [2.75, 3.05) is 13.6 Å². The van der Waals surface area contributed by atoms with Gasteiger partial charge in [0.1, 0.15) is 11.4 Å². The van der Waals surface area contributed by atoms with Crippen LogP contribution < -0.4 is 5.32 Å². The zero-order valence-corrected chi connectivity index (χ0v) is 8.01. The maximum absolute atomic E-state index is 13.4. The molecule has 0 bridgehead atoms. The Bertz CT molecular complexity index is 436. The van der Waals surface area contributed by atoms with Gasteiger partial charge in [-0.15, -0.1) is 0 Å². The van der Waals surface area contributed by atoms with Gasteiger partial charge in [0, 0.05) is 10.9 Å². The van der Waals surface area contributed by atoms with Crippen LogP contribution in [0.5, 0.6) is 0 Å². The molecule has 0 fully saturated rings. The Balaban J connectivity index is 2.47. The molecule has 1 heterocycles. The van der Waals surface area contributed by atoms with Gasteiger partial charge in [0.25, 0.3) is 0 Å². The molecule has 3 heteroatoms. The van der Waals surface area contributed by atoms with Gasteiger partial charge < -0.3 is 9.73 Å². The van der Waals surface area contributed by atoms with E-state index >= 15 is 0 Å². The summed E-state index contributed by atoms with van der Waals surface area (Å²) >= 11 is 0. The van der Waals surface area contributed by atoms with Gasteiger partial charge in [-0.2, -0.15) is 0 Å². The third kappa shape index (κ3) is 1.51. The summed E-state index contributed by atoms with van der Waals surface area (Å²) < 4.78 is 18.7. The maximum Gasteiger partial charge on any atom is 0.140 e. The zero-order chi connectivity index (χ0) is 9.97. The molecule has 0 saturated carbocycles. The smallest absolute Gasteiger partial charge is 0.140 e. The average molecular weight is 193 g/mol. The highest BCUT2D eigenvalue weighted by molar-refractivity contribution is 5.80. The lowest BCUT2D eigenvalue weighted by Gasteiger charge is -2.03. The van der Waals surface area contributed by atoms with E-state index in [0.717, 1.165) is 11.9 Å². The number of fused-ring (bicyclic) bond motifs is 1. The van der Waals surface area contributed by atoms with Gasteiger partial charge in [0.15, 0.2) is 0 Å². The van der Waals surface area contributed by atoms with Gasteiger partial charge in [0.05, 0.1) is 6.26 Å². The lowest BCUT2D eigenvalue weighted by atomic mass is 10.1. The van der Waals surface area contributed by atoms with Crippen molar-refractivity contribution in [2.24, 2.45) is 0 Å². The molecule has 2 rings (SSSR count). The van der Waals surface area contributed by atoms with Crippen LogP contribution in [-0.2, 0) is 6.42 Å². The molecule has 74 valence electrons. The van der Waals surface area contributed by atoms with E-state index in [9.17, 15) is 4.39 Å². The summed E-state index contributed by atoms with van der Waals surface area (Å²) in [6.45, 7) is 0.747. The summed E-state index contributed by atoms with van der Waals surface area (Å²) in [5, 5.41) is 3.95. The van der Waals surface area contributed by atoms with Crippen molar-refractivity contribution in [3.8, 4) is 0 Å². The Hall–Kier alpha value is -1.35. The second-order valence-corrected chi connectivity index (χ2v) is 3.22. The number of hydrogen-bond donors (Lipinski definition) is 1. The van der Waals surface area contributed by atoms with Crippen LogP contribution in [0.2, 0.25) is 0 Å². The average Bonchev–Trinajstić information content (AvgIpc) is 2.64. The van der Waals surface area contributed by atoms with Crippen molar-refractivity contribution in [2.45, 2.75) is 6.42 Å². The van der Waals surface area contributed by atoms with Crippen LogP contribution in [0.1, 0.15) is 5.56 Å². The van der Waals surface area contributed by atoms with Crippen LogP contribution in [-0.4, -0.2) is 13.6 Å². The van der Waals surface area contributed by atoms with Gasteiger partial charge in [0.2, 0.25) is 0 Å². The fourth-order valence-electron chi connectivity index (χ4n) is 1.55. The van der Waals surface area contributed by atoms with Crippen LogP contribution >= 0.6 is 0 Å². The fraction of sp³-hybridized carbons (Fsp3) is 0.273. The highest BCUT2D eigenvalue weighted by Crippen LogP contribution is 2.22. The third-order valence-corrected chi connectivity index (χ3v) is 2.29. The lowest BCUT2D eigenvalue weighted by Crippen LogP contribution is -2.11. The number of halogens is 1. The van der Waals surface area contributed by atoms with E-state index in [0.29, 0.717) is 17.6 Å². The predicted octanol–water partition coefficient (Wildman–Crippen LogP) is 2.33. The van der Waals surface area contributed by atoms with Gasteiger partial charge >= 0.3 is 0 Å². The molecule has 0 aliphatic heterocycles. The highest BCUT2D eigenvalue weighted by Gasteiger charge is 2.09. The summed E-state index contributed by atoms with van der Waals surface area (Å²) in [7, 11) is 1.85. The summed E-state index contributed by atoms with van der Waals surface area (Å²) in [4.78, 5) is 0. The fourth-order valence-corrected chi connectivity index (χ4v) is 1.55. The summed E-state index contributed by atoms with van der Waals surface area (Å²) in [5.74, 6) is -0.192. The minimum Gasteiger partial charge on any atom is -0.464 e. The molecule has 0 aliphatic rings. The number of likely N-dealkylation sites (N-methyl/N-ethyl adjacent to an activating group) is 1. The molecule has 0 amide bonds. The standard InChI is InChI=1S/C11H12FNO/c1-13-6-4-9-10(12)3-2-8-5-7-14-11(8)9/h2-3,5,7,13H,4,6H2,1H3. The number of rotatable bonds is 3. The maximum atomic E-state index is 13.4. The van der Waals surface area contributed by atoms with E-state index < -0.39 is 0 Å². The SMILES string of the molecule is CNCCc1c(F)ccc2ccoc12.